The monoisotopic (exact) mass is 183 g/mol. The van der Waals surface area contributed by atoms with Crippen molar-refractivity contribution in [1.29, 1.82) is 0 Å². The van der Waals surface area contributed by atoms with E-state index in [1.807, 2.05) is 0 Å². The molecule has 2 nitrogen and oxygen atoms in total. The first-order valence-electron chi connectivity index (χ1n) is 5.74. The first-order chi connectivity index (χ1) is 6.40. The summed E-state index contributed by atoms with van der Waals surface area (Å²) in [7, 11) is 0. The Kier molecular flexibility index (Phi) is 3.23. The molecule has 1 saturated carbocycles. The van der Waals surface area contributed by atoms with Gasteiger partial charge in [0.15, 0.2) is 0 Å². The van der Waals surface area contributed by atoms with E-state index < -0.39 is 0 Å². The minimum Gasteiger partial charge on any atom is -0.396 e. The van der Waals surface area contributed by atoms with Gasteiger partial charge in [-0.15, -0.1) is 0 Å². The van der Waals surface area contributed by atoms with E-state index in [0.29, 0.717) is 12.6 Å². The highest BCUT2D eigenvalue weighted by atomic mass is 16.3. The number of rotatable bonds is 2. The Morgan fingerprint density at radius 1 is 1.15 bits per heavy atom. The Hall–Kier alpha value is -0.0800. The molecule has 0 bridgehead atoms. The van der Waals surface area contributed by atoms with Gasteiger partial charge in [0.05, 0.1) is 0 Å². The SMILES string of the molecule is OCC[C@@H]1C[C@@H]2CCCC[C@H]2CN1. The third-order valence-electron chi connectivity index (χ3n) is 3.80. The largest absolute Gasteiger partial charge is 0.396 e. The number of fused-ring (bicyclic) bond motifs is 1. The number of aliphatic hydroxyl groups excluding tert-OH is 1. The van der Waals surface area contributed by atoms with E-state index >= 15 is 0 Å². The Labute approximate surface area is 80.7 Å². The lowest BCUT2D eigenvalue weighted by molar-refractivity contribution is 0.138. The molecule has 1 saturated heterocycles. The Morgan fingerprint density at radius 3 is 2.69 bits per heavy atom. The summed E-state index contributed by atoms with van der Waals surface area (Å²) in [5.74, 6) is 1.91. The number of hydrogen-bond acceptors (Lipinski definition) is 2. The van der Waals surface area contributed by atoms with Gasteiger partial charge in [-0.25, -0.2) is 0 Å². The zero-order valence-corrected chi connectivity index (χ0v) is 8.34. The molecule has 76 valence electrons. The van der Waals surface area contributed by atoms with E-state index in [0.717, 1.165) is 18.3 Å². The Bertz CT molecular complexity index is 160. The Balaban J connectivity index is 1.84. The Morgan fingerprint density at radius 2 is 1.92 bits per heavy atom. The molecule has 2 rings (SSSR count). The topological polar surface area (TPSA) is 32.3 Å². The van der Waals surface area contributed by atoms with Crippen molar-refractivity contribution in [2.24, 2.45) is 11.8 Å². The molecule has 1 aliphatic carbocycles. The lowest BCUT2D eigenvalue weighted by atomic mass is 9.73. The molecule has 3 atom stereocenters. The summed E-state index contributed by atoms with van der Waals surface area (Å²) in [5.41, 5.74) is 0. The molecule has 0 amide bonds. The van der Waals surface area contributed by atoms with Crippen LogP contribution in [0.15, 0.2) is 0 Å². The van der Waals surface area contributed by atoms with Gasteiger partial charge in [0.1, 0.15) is 0 Å². The maximum absolute atomic E-state index is 8.87. The zero-order valence-electron chi connectivity index (χ0n) is 8.34. The second-order valence-corrected chi connectivity index (χ2v) is 4.66. The van der Waals surface area contributed by atoms with Gasteiger partial charge in [-0.3, -0.25) is 0 Å². The van der Waals surface area contributed by atoms with Gasteiger partial charge >= 0.3 is 0 Å². The highest BCUT2D eigenvalue weighted by Crippen LogP contribution is 2.35. The number of aliphatic hydroxyl groups is 1. The van der Waals surface area contributed by atoms with Crippen LogP contribution in [-0.4, -0.2) is 24.3 Å². The fourth-order valence-electron chi connectivity index (χ4n) is 3.01. The molecule has 0 aromatic rings. The van der Waals surface area contributed by atoms with Crippen LogP contribution in [-0.2, 0) is 0 Å². The maximum atomic E-state index is 8.87. The van der Waals surface area contributed by atoms with Crippen LogP contribution in [0.25, 0.3) is 0 Å². The van der Waals surface area contributed by atoms with E-state index in [2.05, 4.69) is 5.32 Å². The van der Waals surface area contributed by atoms with Gasteiger partial charge < -0.3 is 10.4 Å². The number of piperidine rings is 1. The normalized spacial score (nSPS) is 39.9. The van der Waals surface area contributed by atoms with E-state index in [-0.39, 0.29) is 0 Å². The van der Waals surface area contributed by atoms with Crippen molar-refractivity contribution in [3.05, 3.63) is 0 Å². The summed E-state index contributed by atoms with van der Waals surface area (Å²) in [6.45, 7) is 1.55. The van der Waals surface area contributed by atoms with Crippen molar-refractivity contribution in [2.45, 2.75) is 44.6 Å². The van der Waals surface area contributed by atoms with Gasteiger partial charge in [-0.05, 0) is 37.6 Å². The van der Waals surface area contributed by atoms with Crippen LogP contribution in [0.1, 0.15) is 38.5 Å². The minimum absolute atomic E-state index is 0.342. The number of hydrogen-bond donors (Lipinski definition) is 2. The average molecular weight is 183 g/mol. The quantitative estimate of drug-likeness (QED) is 0.680. The standard InChI is InChI=1S/C11H21NO/c13-6-5-11-7-9-3-1-2-4-10(9)8-12-11/h9-13H,1-8H2/t9-,10-,11+/m0/s1. The molecule has 0 aromatic carbocycles. The predicted octanol–water partition coefficient (Wildman–Crippen LogP) is 1.54. The molecule has 1 aliphatic heterocycles. The van der Waals surface area contributed by atoms with E-state index in [4.69, 9.17) is 5.11 Å². The molecular weight excluding hydrogens is 162 g/mol. The van der Waals surface area contributed by atoms with Crippen LogP contribution in [0.2, 0.25) is 0 Å². The van der Waals surface area contributed by atoms with Crippen molar-refractivity contribution in [1.82, 2.24) is 5.32 Å². The van der Waals surface area contributed by atoms with Gasteiger partial charge in [0.2, 0.25) is 0 Å². The summed E-state index contributed by atoms with van der Waals surface area (Å²) < 4.78 is 0. The minimum atomic E-state index is 0.342. The molecule has 0 unspecified atom stereocenters. The summed E-state index contributed by atoms with van der Waals surface area (Å²) in [5, 5.41) is 12.4. The fourth-order valence-corrected chi connectivity index (χ4v) is 3.01. The molecule has 2 aliphatic rings. The lowest BCUT2D eigenvalue weighted by Crippen LogP contribution is -2.45. The van der Waals surface area contributed by atoms with Crippen molar-refractivity contribution < 1.29 is 5.11 Å². The first kappa shape index (κ1) is 9.47. The van der Waals surface area contributed by atoms with Gasteiger partial charge in [-0.1, -0.05) is 19.3 Å². The third-order valence-corrected chi connectivity index (χ3v) is 3.80. The van der Waals surface area contributed by atoms with Crippen molar-refractivity contribution in [3.8, 4) is 0 Å². The van der Waals surface area contributed by atoms with Crippen molar-refractivity contribution in [2.75, 3.05) is 13.2 Å². The average Bonchev–Trinajstić information content (AvgIpc) is 2.18. The van der Waals surface area contributed by atoms with Gasteiger partial charge in [0.25, 0.3) is 0 Å². The van der Waals surface area contributed by atoms with Crippen molar-refractivity contribution >= 4 is 0 Å². The molecule has 2 heteroatoms. The summed E-state index contributed by atoms with van der Waals surface area (Å²) in [6, 6.07) is 0.601. The molecule has 0 spiro atoms. The van der Waals surface area contributed by atoms with Crippen molar-refractivity contribution in [3.63, 3.8) is 0 Å². The summed E-state index contributed by atoms with van der Waals surface area (Å²) >= 11 is 0. The second kappa shape index (κ2) is 4.43. The highest BCUT2D eigenvalue weighted by molar-refractivity contribution is 4.86. The second-order valence-electron chi connectivity index (χ2n) is 4.66. The van der Waals surface area contributed by atoms with Crippen LogP contribution in [0.5, 0.6) is 0 Å². The van der Waals surface area contributed by atoms with Crippen LogP contribution in [0.4, 0.5) is 0 Å². The maximum Gasteiger partial charge on any atom is 0.0445 e. The molecule has 1 heterocycles. The molecule has 13 heavy (non-hydrogen) atoms. The fraction of sp³-hybridized carbons (Fsp3) is 1.00. The van der Waals surface area contributed by atoms with Crippen LogP contribution >= 0.6 is 0 Å². The van der Waals surface area contributed by atoms with Gasteiger partial charge in [0, 0.05) is 12.6 Å². The summed E-state index contributed by atoms with van der Waals surface area (Å²) in [4.78, 5) is 0. The molecule has 2 N–H and O–H groups in total. The zero-order chi connectivity index (χ0) is 9.10. The van der Waals surface area contributed by atoms with E-state index in [1.165, 1.54) is 38.6 Å². The van der Waals surface area contributed by atoms with E-state index in [9.17, 15) is 0 Å². The van der Waals surface area contributed by atoms with Crippen LogP contribution < -0.4 is 5.32 Å². The first-order valence-corrected chi connectivity index (χ1v) is 5.74. The highest BCUT2D eigenvalue weighted by Gasteiger charge is 2.31. The molecule has 0 aromatic heterocycles. The van der Waals surface area contributed by atoms with Gasteiger partial charge in [-0.2, -0.15) is 0 Å². The van der Waals surface area contributed by atoms with E-state index in [1.54, 1.807) is 0 Å². The number of nitrogens with one attached hydrogen (secondary N) is 1. The molecule has 2 fully saturated rings. The van der Waals surface area contributed by atoms with Crippen LogP contribution in [0, 0.1) is 11.8 Å². The summed E-state index contributed by atoms with van der Waals surface area (Å²) in [6.07, 6.45) is 8.01. The third kappa shape index (κ3) is 2.23. The molecular formula is C11H21NO. The smallest absolute Gasteiger partial charge is 0.0445 e. The lowest BCUT2D eigenvalue weighted by Gasteiger charge is -2.40. The molecule has 0 radical (unpaired) electrons. The van der Waals surface area contributed by atoms with Crippen LogP contribution in [0.3, 0.4) is 0 Å². The predicted molar refractivity (Wildman–Crippen MR) is 53.6 cm³/mol.